The third kappa shape index (κ3) is 2.43. The first kappa shape index (κ1) is 18.6. The molecular formula is C24H38O3. The van der Waals surface area contributed by atoms with E-state index in [1.807, 2.05) is 6.92 Å². The van der Waals surface area contributed by atoms with Crippen molar-refractivity contribution in [1.29, 1.82) is 0 Å². The van der Waals surface area contributed by atoms with Crippen LogP contribution in [0.15, 0.2) is 0 Å². The molecule has 0 spiro atoms. The molecule has 0 amide bonds. The summed E-state index contributed by atoms with van der Waals surface area (Å²) in [6, 6.07) is 0. The van der Waals surface area contributed by atoms with Crippen LogP contribution in [0.2, 0.25) is 0 Å². The van der Waals surface area contributed by atoms with Crippen LogP contribution in [0, 0.1) is 52.3 Å². The molecular weight excluding hydrogens is 336 g/mol. The monoisotopic (exact) mass is 374 g/mol. The van der Waals surface area contributed by atoms with Crippen LogP contribution in [0.5, 0.6) is 0 Å². The summed E-state index contributed by atoms with van der Waals surface area (Å²) in [6.45, 7) is 7.36. The Kier molecular flexibility index (Phi) is 4.01. The number of rotatable bonds is 3. The van der Waals surface area contributed by atoms with E-state index in [0.717, 1.165) is 42.9 Å². The lowest BCUT2D eigenvalue weighted by Gasteiger charge is -2.62. The van der Waals surface area contributed by atoms with Gasteiger partial charge in [-0.25, -0.2) is 0 Å². The van der Waals surface area contributed by atoms with Crippen LogP contribution in [-0.4, -0.2) is 30.2 Å². The lowest BCUT2D eigenvalue weighted by atomic mass is 9.43. The number of aliphatic hydroxyl groups is 1. The van der Waals surface area contributed by atoms with Crippen LogP contribution in [0.1, 0.15) is 72.1 Å². The number of hydrogen-bond acceptors (Lipinski definition) is 3. The van der Waals surface area contributed by atoms with E-state index in [0.29, 0.717) is 35.6 Å². The van der Waals surface area contributed by atoms with E-state index >= 15 is 0 Å². The highest BCUT2D eigenvalue weighted by atomic mass is 16.5. The van der Waals surface area contributed by atoms with E-state index in [-0.39, 0.29) is 5.41 Å². The second kappa shape index (κ2) is 5.81. The van der Waals surface area contributed by atoms with Crippen LogP contribution in [0.25, 0.3) is 0 Å². The topological polar surface area (TPSA) is 46.5 Å². The molecule has 5 aliphatic rings. The summed E-state index contributed by atoms with van der Waals surface area (Å²) in [7, 11) is 1.71. The van der Waals surface area contributed by atoms with Gasteiger partial charge >= 0.3 is 0 Å². The normalized spacial score (nSPS) is 58.6. The second-order valence-electron chi connectivity index (χ2n) is 11.6. The Morgan fingerprint density at radius 2 is 1.81 bits per heavy atom. The minimum atomic E-state index is -0.608. The summed E-state index contributed by atoms with van der Waals surface area (Å²) in [5, 5.41) is 11.0. The van der Waals surface area contributed by atoms with Crippen LogP contribution < -0.4 is 0 Å². The maximum Gasteiger partial charge on any atom is 0.133 e. The average Bonchev–Trinajstić information content (AvgIpc) is 3.29. The van der Waals surface area contributed by atoms with Crippen molar-refractivity contribution >= 4 is 5.78 Å². The molecule has 0 aromatic carbocycles. The number of Topliss-reactive ketones (excluding diaryl/α,β-unsaturated/α-hetero) is 1. The van der Waals surface area contributed by atoms with Gasteiger partial charge in [-0.15, -0.1) is 0 Å². The smallest absolute Gasteiger partial charge is 0.133 e. The molecule has 1 N–H and O–H groups in total. The van der Waals surface area contributed by atoms with Gasteiger partial charge in [0.15, 0.2) is 0 Å². The first-order valence-corrected chi connectivity index (χ1v) is 11.5. The van der Waals surface area contributed by atoms with Gasteiger partial charge in [0.25, 0.3) is 0 Å². The molecule has 3 heteroatoms. The zero-order valence-electron chi connectivity index (χ0n) is 17.7. The number of ketones is 1. The quantitative estimate of drug-likeness (QED) is 0.793. The van der Waals surface area contributed by atoms with Crippen molar-refractivity contribution in [3.63, 3.8) is 0 Å². The summed E-state index contributed by atoms with van der Waals surface area (Å²) in [5.74, 6) is 5.40. The molecule has 0 aromatic rings. The van der Waals surface area contributed by atoms with E-state index in [9.17, 15) is 9.90 Å². The minimum absolute atomic E-state index is 0.273. The molecule has 5 aliphatic carbocycles. The Balaban J connectivity index is 1.42. The largest absolute Gasteiger partial charge is 0.387 e. The molecule has 0 heterocycles. The van der Waals surface area contributed by atoms with Gasteiger partial charge in [0.05, 0.1) is 12.2 Å². The molecule has 3 nitrogen and oxygen atoms in total. The summed E-state index contributed by atoms with van der Waals surface area (Å²) in [4.78, 5) is 12.5. The molecule has 0 aromatic heterocycles. The summed E-state index contributed by atoms with van der Waals surface area (Å²) in [5.41, 5.74) is 0.0434. The molecule has 10 atom stereocenters. The fourth-order valence-corrected chi connectivity index (χ4v) is 9.46. The molecule has 0 saturated heterocycles. The summed E-state index contributed by atoms with van der Waals surface area (Å²) < 4.78 is 5.35. The van der Waals surface area contributed by atoms with Crippen molar-refractivity contribution in [3.8, 4) is 0 Å². The summed E-state index contributed by atoms with van der Waals surface area (Å²) in [6.07, 6.45) is 9.41. The van der Waals surface area contributed by atoms with Gasteiger partial charge in [-0.05, 0) is 105 Å². The van der Waals surface area contributed by atoms with Gasteiger partial charge in [-0.2, -0.15) is 0 Å². The van der Waals surface area contributed by atoms with Crippen LogP contribution in [0.3, 0.4) is 0 Å². The lowest BCUT2D eigenvalue weighted by molar-refractivity contribution is -0.167. The zero-order valence-corrected chi connectivity index (χ0v) is 17.7. The van der Waals surface area contributed by atoms with Crippen LogP contribution in [-0.2, 0) is 9.53 Å². The predicted molar refractivity (Wildman–Crippen MR) is 105 cm³/mol. The highest BCUT2D eigenvalue weighted by Gasteiger charge is 2.71. The van der Waals surface area contributed by atoms with E-state index in [1.54, 1.807) is 7.11 Å². The first-order valence-electron chi connectivity index (χ1n) is 11.5. The molecule has 0 bridgehead atoms. The Hall–Kier alpha value is -0.410. The van der Waals surface area contributed by atoms with Crippen molar-refractivity contribution in [2.75, 3.05) is 13.7 Å². The lowest BCUT2D eigenvalue weighted by Crippen LogP contribution is -2.57. The SMILES string of the molecule is COC[C@@]1(O)CC[C@@]2(C)[C@@H](CC[C@H]3[C@@H]4[C@@H]5C[C@@H]5[C@H](C(C)=O)[C@@]4(C)CC[C@@H]32)C1. The first-order chi connectivity index (χ1) is 12.7. The number of ether oxygens (including phenoxy) is 1. The maximum atomic E-state index is 12.5. The minimum Gasteiger partial charge on any atom is -0.387 e. The standard InChI is InChI=1S/C24H38O3/c1-14(25)20-17-11-18(17)21-16-6-5-15-12-24(26,13-27-4)10-9-22(15,2)19(16)7-8-23(20,21)3/h15-21,26H,5-13H2,1-4H3/t15-,16+,17-,18+,19-,20-,21+,22-,23+,24+/m0/s1. The molecule has 0 unspecified atom stereocenters. The van der Waals surface area contributed by atoms with E-state index in [2.05, 4.69) is 13.8 Å². The Labute approximate surface area is 164 Å². The number of carbonyl (C=O) groups is 1. The second-order valence-corrected chi connectivity index (χ2v) is 11.6. The van der Waals surface area contributed by atoms with E-state index < -0.39 is 5.60 Å². The van der Waals surface area contributed by atoms with Gasteiger partial charge in [-0.1, -0.05) is 13.8 Å². The molecule has 5 fully saturated rings. The van der Waals surface area contributed by atoms with Gasteiger partial charge in [0.1, 0.15) is 5.78 Å². The van der Waals surface area contributed by atoms with Gasteiger partial charge < -0.3 is 9.84 Å². The fraction of sp³-hybridized carbons (Fsp3) is 0.958. The molecule has 27 heavy (non-hydrogen) atoms. The molecule has 5 saturated carbocycles. The van der Waals surface area contributed by atoms with Crippen molar-refractivity contribution in [2.45, 2.75) is 77.7 Å². The van der Waals surface area contributed by atoms with Crippen molar-refractivity contribution in [2.24, 2.45) is 52.3 Å². The van der Waals surface area contributed by atoms with Crippen molar-refractivity contribution in [3.05, 3.63) is 0 Å². The Bertz CT molecular complexity index is 646. The highest BCUT2D eigenvalue weighted by Crippen LogP contribution is 2.76. The molecule has 0 aliphatic heterocycles. The third-order valence-corrected chi connectivity index (χ3v) is 10.5. The van der Waals surface area contributed by atoms with Gasteiger partial charge in [-0.3, -0.25) is 4.79 Å². The fourth-order valence-electron chi connectivity index (χ4n) is 9.46. The third-order valence-electron chi connectivity index (χ3n) is 10.5. The van der Waals surface area contributed by atoms with Crippen LogP contribution >= 0.6 is 0 Å². The Morgan fingerprint density at radius 1 is 1.04 bits per heavy atom. The van der Waals surface area contributed by atoms with Crippen LogP contribution in [0.4, 0.5) is 0 Å². The Morgan fingerprint density at radius 3 is 2.52 bits per heavy atom. The van der Waals surface area contributed by atoms with Crippen molar-refractivity contribution < 1.29 is 14.6 Å². The maximum absolute atomic E-state index is 12.5. The average molecular weight is 375 g/mol. The molecule has 5 rings (SSSR count). The molecule has 0 radical (unpaired) electrons. The van der Waals surface area contributed by atoms with Gasteiger partial charge in [0, 0.05) is 13.0 Å². The number of hydrogen-bond donors (Lipinski definition) is 1. The number of methoxy groups -OCH3 is 1. The number of carbonyl (C=O) groups excluding carboxylic acids is 1. The van der Waals surface area contributed by atoms with E-state index in [1.165, 1.54) is 32.1 Å². The van der Waals surface area contributed by atoms with Crippen molar-refractivity contribution in [1.82, 2.24) is 0 Å². The predicted octanol–water partition coefficient (Wildman–Crippen LogP) is 4.47. The molecule has 152 valence electrons. The number of fused-ring (bicyclic) bond motifs is 7. The van der Waals surface area contributed by atoms with E-state index in [4.69, 9.17) is 4.74 Å². The van der Waals surface area contributed by atoms with Gasteiger partial charge in [0.2, 0.25) is 0 Å². The zero-order chi connectivity index (χ0) is 19.2. The summed E-state index contributed by atoms with van der Waals surface area (Å²) >= 11 is 0. The highest BCUT2D eigenvalue weighted by molar-refractivity contribution is 5.80.